The number of aromatic amines is 1. The number of nitrogens with zero attached hydrogens (tertiary/aromatic N) is 4. The van der Waals surface area contributed by atoms with Crippen LogP contribution in [0, 0.1) is 0 Å². The molecule has 0 amide bonds. The number of carboxylic acid groups (broad SMARTS) is 1. The van der Waals surface area contributed by atoms with Gasteiger partial charge in [0.1, 0.15) is 11.3 Å². The number of halogens is 3. The molecule has 0 fully saturated rings. The molecule has 2 N–H and O–H groups in total. The molecule has 0 unspecified atom stereocenters. The van der Waals surface area contributed by atoms with Crippen LogP contribution < -0.4 is 5.69 Å². The highest BCUT2D eigenvalue weighted by Crippen LogP contribution is 2.40. The Kier molecular flexibility index (Phi) is 2.86. The molecule has 3 heterocycles. The van der Waals surface area contributed by atoms with Crippen molar-refractivity contribution in [2.45, 2.75) is 6.18 Å². The normalized spacial score (nSPS) is 12.9. The number of aliphatic imine (C=N–C) groups is 1. The van der Waals surface area contributed by atoms with E-state index in [0.29, 0.717) is 21.8 Å². The van der Waals surface area contributed by atoms with Gasteiger partial charge in [-0.05, 0) is 12.1 Å². The summed E-state index contributed by atoms with van der Waals surface area (Å²) in [6, 6.07) is 2.66. The molecule has 0 radical (unpaired) electrons. The first-order valence-corrected chi connectivity index (χ1v) is 6.77. The highest BCUT2D eigenvalue weighted by atomic mass is 19.4. The summed E-state index contributed by atoms with van der Waals surface area (Å²) in [5.41, 5.74) is -2.39. The van der Waals surface area contributed by atoms with Gasteiger partial charge in [0.05, 0.1) is 34.7 Å². The summed E-state index contributed by atoms with van der Waals surface area (Å²) in [5.74, 6) is -1.74. The number of hydrogen-bond acceptors (Lipinski definition) is 5. The Labute approximate surface area is 135 Å². The summed E-state index contributed by atoms with van der Waals surface area (Å²) < 4.78 is 40.6. The van der Waals surface area contributed by atoms with Crippen LogP contribution in [0.25, 0.3) is 16.6 Å². The topological polar surface area (TPSA) is 113 Å². The first kappa shape index (κ1) is 15.1. The van der Waals surface area contributed by atoms with E-state index in [2.05, 4.69) is 20.1 Å². The third-order valence-corrected chi connectivity index (χ3v) is 3.69. The molecule has 1 aromatic carbocycles. The van der Waals surface area contributed by atoms with Gasteiger partial charge in [-0.1, -0.05) is 0 Å². The Morgan fingerprint density at radius 3 is 2.72 bits per heavy atom. The fraction of sp³-hybridized carbons (Fsp3) is 0.0714. The van der Waals surface area contributed by atoms with Crippen LogP contribution in [0.15, 0.2) is 28.1 Å². The van der Waals surface area contributed by atoms with E-state index in [1.807, 2.05) is 0 Å². The van der Waals surface area contributed by atoms with Crippen LogP contribution in [0.1, 0.15) is 21.7 Å². The van der Waals surface area contributed by atoms with Crippen LogP contribution >= 0.6 is 0 Å². The largest absolute Gasteiger partial charge is 0.478 e. The molecule has 0 atom stereocenters. The monoisotopic (exact) mass is 349 g/mol. The molecule has 1 aliphatic heterocycles. The van der Waals surface area contributed by atoms with Gasteiger partial charge in [-0.2, -0.15) is 23.3 Å². The summed E-state index contributed by atoms with van der Waals surface area (Å²) in [6.45, 7) is 0. The van der Waals surface area contributed by atoms with E-state index < -0.39 is 29.1 Å². The lowest BCUT2D eigenvalue weighted by molar-refractivity contribution is -0.143. The zero-order valence-electron chi connectivity index (χ0n) is 12.0. The SMILES string of the molecule is O=C(O)c1cnn(-c2ccc3[nH]c(=O)nc4c3c2N=C4)c1C(F)(F)F. The molecule has 8 nitrogen and oxygen atoms in total. The molecule has 0 bridgehead atoms. The second-order valence-corrected chi connectivity index (χ2v) is 5.16. The number of H-pyrrole nitrogens is 1. The Balaban J connectivity index is 2.06. The van der Waals surface area contributed by atoms with Gasteiger partial charge in [0.15, 0.2) is 5.69 Å². The summed E-state index contributed by atoms with van der Waals surface area (Å²) >= 11 is 0. The Bertz CT molecular complexity index is 1140. The second-order valence-electron chi connectivity index (χ2n) is 5.16. The number of alkyl halides is 3. The van der Waals surface area contributed by atoms with Crippen molar-refractivity contribution in [1.82, 2.24) is 19.7 Å². The number of carbonyl (C=O) groups is 1. The number of hydrogen-bond donors (Lipinski definition) is 2. The maximum Gasteiger partial charge on any atom is 0.434 e. The van der Waals surface area contributed by atoms with Crippen molar-refractivity contribution in [3.05, 3.63) is 45.8 Å². The summed E-state index contributed by atoms with van der Waals surface area (Å²) in [5, 5.41) is 12.9. The lowest BCUT2D eigenvalue weighted by Crippen LogP contribution is -2.17. The van der Waals surface area contributed by atoms with Crippen molar-refractivity contribution >= 4 is 28.8 Å². The van der Waals surface area contributed by atoms with Gasteiger partial charge in [-0.25, -0.2) is 14.3 Å². The summed E-state index contributed by atoms with van der Waals surface area (Å²) in [6.07, 6.45) is -3.06. The third-order valence-electron chi connectivity index (χ3n) is 3.69. The van der Waals surface area contributed by atoms with Crippen LogP contribution in [0.2, 0.25) is 0 Å². The highest BCUT2D eigenvalue weighted by molar-refractivity contribution is 6.10. The van der Waals surface area contributed by atoms with Gasteiger partial charge < -0.3 is 10.1 Å². The number of nitrogens with one attached hydrogen (secondary N) is 1. The molecule has 0 aliphatic carbocycles. The van der Waals surface area contributed by atoms with E-state index in [9.17, 15) is 22.8 Å². The van der Waals surface area contributed by atoms with E-state index in [1.54, 1.807) is 0 Å². The molecule has 4 rings (SSSR count). The van der Waals surface area contributed by atoms with Gasteiger partial charge in [0, 0.05) is 0 Å². The maximum absolute atomic E-state index is 13.4. The number of benzene rings is 1. The van der Waals surface area contributed by atoms with Crippen molar-refractivity contribution in [2.24, 2.45) is 4.99 Å². The minimum Gasteiger partial charge on any atom is -0.478 e. The van der Waals surface area contributed by atoms with Crippen LogP contribution in [0.5, 0.6) is 0 Å². The van der Waals surface area contributed by atoms with Crippen molar-refractivity contribution in [2.75, 3.05) is 0 Å². The van der Waals surface area contributed by atoms with E-state index in [4.69, 9.17) is 5.11 Å². The zero-order chi connectivity index (χ0) is 17.9. The zero-order valence-corrected chi connectivity index (χ0v) is 12.0. The molecule has 25 heavy (non-hydrogen) atoms. The molecule has 0 saturated carbocycles. The summed E-state index contributed by atoms with van der Waals surface area (Å²) in [7, 11) is 0. The fourth-order valence-corrected chi connectivity index (χ4v) is 2.73. The van der Waals surface area contributed by atoms with Gasteiger partial charge in [0.2, 0.25) is 0 Å². The van der Waals surface area contributed by atoms with Crippen molar-refractivity contribution < 1.29 is 23.1 Å². The Hall–Kier alpha value is -3.50. The minimum absolute atomic E-state index is 0.0730. The van der Waals surface area contributed by atoms with E-state index in [1.165, 1.54) is 18.3 Å². The molecule has 0 spiro atoms. The summed E-state index contributed by atoms with van der Waals surface area (Å²) in [4.78, 5) is 32.7. The van der Waals surface area contributed by atoms with Crippen molar-refractivity contribution in [3.8, 4) is 5.69 Å². The highest BCUT2D eigenvalue weighted by Gasteiger charge is 2.41. The predicted octanol–water partition coefficient (Wildman–Crippen LogP) is 1.89. The van der Waals surface area contributed by atoms with Crippen LogP contribution in [0.4, 0.5) is 18.9 Å². The molecule has 0 saturated heterocycles. The van der Waals surface area contributed by atoms with Gasteiger partial charge >= 0.3 is 17.8 Å². The number of carboxylic acids is 1. The lowest BCUT2D eigenvalue weighted by atomic mass is 10.1. The minimum atomic E-state index is -4.94. The number of aromatic nitrogens is 4. The maximum atomic E-state index is 13.4. The standard InChI is InChI=1S/C14H6F3N5O3/c15-14(16,17)11-5(12(23)24)3-19-22(11)8-2-1-6-9-7(4-18-10(8)9)21-13(25)20-6/h1-4H,(H,23,24)(H,20,21,25). The molecule has 1 aliphatic rings. The quantitative estimate of drug-likeness (QED) is 0.574. The first-order valence-electron chi connectivity index (χ1n) is 6.77. The van der Waals surface area contributed by atoms with Gasteiger partial charge in [0.25, 0.3) is 0 Å². The van der Waals surface area contributed by atoms with Gasteiger partial charge in [-0.15, -0.1) is 0 Å². The number of rotatable bonds is 2. The third kappa shape index (κ3) is 2.12. The molecule has 126 valence electrons. The Morgan fingerprint density at radius 2 is 2.04 bits per heavy atom. The predicted molar refractivity (Wildman–Crippen MR) is 78.7 cm³/mol. The average Bonchev–Trinajstić information content (AvgIpc) is 3.12. The smallest absolute Gasteiger partial charge is 0.434 e. The molecular weight excluding hydrogens is 343 g/mol. The second kappa shape index (κ2) is 4.75. The Morgan fingerprint density at radius 1 is 1.28 bits per heavy atom. The molecule has 3 aromatic rings. The molecular formula is C14H6F3N5O3. The van der Waals surface area contributed by atoms with Gasteiger partial charge in [-0.3, -0.25) is 4.99 Å². The molecule has 2 aromatic heterocycles. The van der Waals surface area contributed by atoms with Crippen LogP contribution in [-0.4, -0.2) is 37.0 Å². The van der Waals surface area contributed by atoms with E-state index >= 15 is 0 Å². The van der Waals surface area contributed by atoms with E-state index in [-0.39, 0.29) is 17.1 Å². The van der Waals surface area contributed by atoms with E-state index in [0.717, 1.165) is 0 Å². The number of aromatic carboxylic acids is 1. The fourth-order valence-electron chi connectivity index (χ4n) is 2.73. The van der Waals surface area contributed by atoms with Crippen molar-refractivity contribution in [3.63, 3.8) is 0 Å². The molecule has 11 heteroatoms. The van der Waals surface area contributed by atoms with Crippen LogP contribution in [-0.2, 0) is 6.18 Å². The van der Waals surface area contributed by atoms with Crippen LogP contribution in [0.3, 0.4) is 0 Å². The first-order chi connectivity index (χ1) is 11.8. The lowest BCUT2D eigenvalue weighted by Gasteiger charge is -2.13. The van der Waals surface area contributed by atoms with Crippen molar-refractivity contribution in [1.29, 1.82) is 0 Å². The average molecular weight is 349 g/mol.